The fraction of sp³-hybridized carbons (Fsp3) is 0.333. The number of nitrogens with zero attached hydrogens (tertiary/aromatic N) is 5. The lowest BCUT2D eigenvalue weighted by molar-refractivity contribution is 0.505. The third kappa shape index (κ3) is 3.74. The molecule has 1 aromatic carbocycles. The van der Waals surface area contributed by atoms with Gasteiger partial charge in [0.15, 0.2) is 5.82 Å². The summed E-state index contributed by atoms with van der Waals surface area (Å²) < 4.78 is 0. The highest BCUT2D eigenvalue weighted by Crippen LogP contribution is 2.33. The third-order valence-corrected chi connectivity index (χ3v) is 5.37. The summed E-state index contributed by atoms with van der Waals surface area (Å²) in [5, 5.41) is 0. The number of nitrogens with two attached hydrogens (primary N) is 2. The van der Waals surface area contributed by atoms with Crippen LogP contribution < -0.4 is 16.4 Å². The number of aromatic nitrogens is 4. The molecular formula is C21H25N7. The molecule has 1 fully saturated rings. The summed E-state index contributed by atoms with van der Waals surface area (Å²) in [6.07, 6.45) is 8.51. The molecule has 4 rings (SSSR count). The molecule has 3 heterocycles. The van der Waals surface area contributed by atoms with Gasteiger partial charge >= 0.3 is 0 Å². The average Bonchev–Trinajstić information content (AvgIpc) is 2.74. The second kappa shape index (κ2) is 7.80. The molecule has 28 heavy (non-hydrogen) atoms. The van der Waals surface area contributed by atoms with Crippen molar-refractivity contribution >= 4 is 17.5 Å². The highest BCUT2D eigenvalue weighted by molar-refractivity contribution is 5.64. The molecule has 4 N–H and O–H groups in total. The van der Waals surface area contributed by atoms with Crippen LogP contribution in [0.3, 0.4) is 0 Å². The van der Waals surface area contributed by atoms with Crippen LogP contribution in [0.5, 0.6) is 0 Å². The third-order valence-electron chi connectivity index (χ3n) is 5.37. The van der Waals surface area contributed by atoms with E-state index in [4.69, 9.17) is 11.5 Å². The minimum Gasteiger partial charge on any atom is -0.382 e. The first kappa shape index (κ1) is 18.2. The lowest BCUT2D eigenvalue weighted by Gasteiger charge is -2.34. The summed E-state index contributed by atoms with van der Waals surface area (Å²) >= 11 is 0. The number of rotatable bonds is 4. The van der Waals surface area contributed by atoms with E-state index in [0.717, 1.165) is 49.4 Å². The van der Waals surface area contributed by atoms with Crippen molar-refractivity contribution in [2.45, 2.75) is 32.1 Å². The van der Waals surface area contributed by atoms with Crippen LogP contribution in [0.2, 0.25) is 0 Å². The molecule has 0 unspecified atom stereocenters. The van der Waals surface area contributed by atoms with Crippen molar-refractivity contribution in [1.82, 2.24) is 19.9 Å². The van der Waals surface area contributed by atoms with Gasteiger partial charge in [0.1, 0.15) is 5.82 Å². The van der Waals surface area contributed by atoms with Gasteiger partial charge in [0.25, 0.3) is 0 Å². The van der Waals surface area contributed by atoms with Gasteiger partial charge in [-0.2, -0.15) is 4.98 Å². The Labute approximate surface area is 164 Å². The van der Waals surface area contributed by atoms with Crippen LogP contribution in [0, 0.1) is 0 Å². The van der Waals surface area contributed by atoms with Crippen LogP contribution in [0.1, 0.15) is 37.1 Å². The lowest BCUT2D eigenvalue weighted by atomic mass is 9.88. The zero-order valence-corrected chi connectivity index (χ0v) is 16.0. The molecule has 2 aromatic heterocycles. The van der Waals surface area contributed by atoms with Crippen molar-refractivity contribution in [3.05, 3.63) is 54.2 Å². The Bertz CT molecular complexity index is 947. The minimum absolute atomic E-state index is 0.212. The first-order valence-corrected chi connectivity index (χ1v) is 9.68. The number of nitrogen functional groups attached to an aromatic ring is 2. The van der Waals surface area contributed by atoms with Gasteiger partial charge < -0.3 is 16.4 Å². The lowest BCUT2D eigenvalue weighted by Crippen LogP contribution is -2.33. The van der Waals surface area contributed by atoms with E-state index < -0.39 is 0 Å². The number of benzene rings is 1. The number of hydrogen-bond donors (Lipinski definition) is 2. The van der Waals surface area contributed by atoms with Crippen molar-refractivity contribution in [3.63, 3.8) is 0 Å². The Balaban J connectivity index is 1.47. The quantitative estimate of drug-likeness (QED) is 0.721. The zero-order valence-electron chi connectivity index (χ0n) is 16.0. The smallest absolute Gasteiger partial charge is 0.222 e. The summed E-state index contributed by atoms with van der Waals surface area (Å²) in [7, 11) is 0. The molecule has 1 aliphatic heterocycles. The molecule has 0 radical (unpaired) electrons. The van der Waals surface area contributed by atoms with E-state index >= 15 is 0 Å². The maximum Gasteiger partial charge on any atom is 0.222 e. The van der Waals surface area contributed by atoms with E-state index in [9.17, 15) is 0 Å². The molecule has 1 saturated heterocycles. The molecule has 7 nitrogen and oxygen atoms in total. The normalized spacial score (nSPS) is 15.0. The number of piperidine rings is 1. The number of aryl methyl sites for hydroxylation is 1. The van der Waals surface area contributed by atoms with E-state index in [-0.39, 0.29) is 5.95 Å². The topological polar surface area (TPSA) is 107 Å². The van der Waals surface area contributed by atoms with Crippen molar-refractivity contribution in [3.8, 4) is 11.1 Å². The Morgan fingerprint density at radius 3 is 2.43 bits per heavy atom. The van der Waals surface area contributed by atoms with Crippen molar-refractivity contribution in [1.29, 1.82) is 0 Å². The summed E-state index contributed by atoms with van der Waals surface area (Å²) in [6, 6.07) is 8.73. The fourth-order valence-electron chi connectivity index (χ4n) is 3.76. The molecular weight excluding hydrogens is 350 g/mol. The van der Waals surface area contributed by atoms with Gasteiger partial charge in [0.05, 0.1) is 11.9 Å². The predicted molar refractivity (Wildman–Crippen MR) is 112 cm³/mol. The van der Waals surface area contributed by atoms with Crippen LogP contribution in [-0.4, -0.2) is 33.0 Å². The predicted octanol–water partition coefficient (Wildman–Crippen LogP) is 3.04. The molecule has 7 heteroatoms. The highest BCUT2D eigenvalue weighted by Gasteiger charge is 2.23. The van der Waals surface area contributed by atoms with Gasteiger partial charge in [-0.05, 0) is 29.9 Å². The van der Waals surface area contributed by atoms with E-state index in [1.807, 2.05) is 12.4 Å². The van der Waals surface area contributed by atoms with E-state index in [0.29, 0.717) is 11.7 Å². The summed E-state index contributed by atoms with van der Waals surface area (Å²) in [5.74, 6) is 2.05. The van der Waals surface area contributed by atoms with Crippen molar-refractivity contribution in [2.24, 2.45) is 0 Å². The first-order valence-electron chi connectivity index (χ1n) is 9.68. The van der Waals surface area contributed by atoms with Gasteiger partial charge in [-0.25, -0.2) is 15.0 Å². The van der Waals surface area contributed by atoms with Gasteiger partial charge in [-0.1, -0.05) is 31.2 Å². The van der Waals surface area contributed by atoms with E-state index in [1.54, 1.807) is 6.20 Å². The monoisotopic (exact) mass is 375 g/mol. The SMILES string of the molecule is CCc1ncc(-c2cccc(C3CCN(c4cnc(N)nc4N)CC3)c2)cn1. The van der Waals surface area contributed by atoms with Gasteiger partial charge in [0.2, 0.25) is 5.95 Å². The second-order valence-electron chi connectivity index (χ2n) is 7.13. The standard InChI is InChI=1S/C21H25N7/c1-2-19-24-11-17(12-25-19)16-5-3-4-15(10-16)14-6-8-28(9-7-14)18-13-26-21(23)27-20(18)22/h3-5,10-14H,2,6-9H2,1H3,(H4,22,23,26,27). The van der Waals surface area contributed by atoms with E-state index in [1.165, 1.54) is 11.1 Å². The number of anilines is 3. The molecule has 1 aliphatic rings. The largest absolute Gasteiger partial charge is 0.382 e. The Morgan fingerprint density at radius 2 is 1.75 bits per heavy atom. The average molecular weight is 375 g/mol. The second-order valence-corrected chi connectivity index (χ2v) is 7.13. The molecule has 0 aliphatic carbocycles. The van der Waals surface area contributed by atoms with Crippen LogP contribution >= 0.6 is 0 Å². The summed E-state index contributed by atoms with van der Waals surface area (Å²) in [4.78, 5) is 19.2. The van der Waals surface area contributed by atoms with Crippen LogP contribution in [-0.2, 0) is 6.42 Å². The van der Waals surface area contributed by atoms with Crippen LogP contribution in [0.25, 0.3) is 11.1 Å². The molecule has 0 amide bonds. The maximum atomic E-state index is 6.02. The van der Waals surface area contributed by atoms with Gasteiger partial charge in [-0.15, -0.1) is 0 Å². The summed E-state index contributed by atoms with van der Waals surface area (Å²) in [5.41, 5.74) is 16.1. The van der Waals surface area contributed by atoms with Gasteiger partial charge in [0, 0.05) is 37.5 Å². The van der Waals surface area contributed by atoms with E-state index in [2.05, 4.69) is 56.0 Å². The minimum atomic E-state index is 0.212. The Kier molecular flexibility index (Phi) is 5.06. The van der Waals surface area contributed by atoms with Crippen molar-refractivity contribution in [2.75, 3.05) is 29.5 Å². The highest BCUT2D eigenvalue weighted by atomic mass is 15.2. The number of hydrogen-bond acceptors (Lipinski definition) is 7. The Morgan fingerprint density at radius 1 is 1.00 bits per heavy atom. The molecule has 0 saturated carbocycles. The maximum absolute atomic E-state index is 6.02. The van der Waals surface area contributed by atoms with Crippen LogP contribution in [0.4, 0.5) is 17.5 Å². The molecule has 144 valence electrons. The molecule has 0 atom stereocenters. The first-order chi connectivity index (χ1) is 13.6. The van der Waals surface area contributed by atoms with Crippen LogP contribution in [0.15, 0.2) is 42.9 Å². The fourth-order valence-corrected chi connectivity index (χ4v) is 3.76. The molecule has 3 aromatic rings. The molecule has 0 spiro atoms. The zero-order chi connectivity index (χ0) is 19.5. The van der Waals surface area contributed by atoms with Gasteiger partial charge in [-0.3, -0.25) is 0 Å². The van der Waals surface area contributed by atoms with Crippen molar-refractivity contribution < 1.29 is 0 Å². The summed E-state index contributed by atoms with van der Waals surface area (Å²) in [6.45, 7) is 3.90. The Hall–Kier alpha value is -3.22. The molecule has 0 bridgehead atoms.